The highest BCUT2D eigenvalue weighted by atomic mass is 32.2. The van der Waals surface area contributed by atoms with E-state index in [1.165, 1.54) is 6.20 Å². The first kappa shape index (κ1) is 14.5. The van der Waals surface area contributed by atoms with E-state index in [-0.39, 0.29) is 23.2 Å². The second-order valence-corrected chi connectivity index (χ2v) is 7.29. The lowest BCUT2D eigenvalue weighted by Gasteiger charge is -2.35. The highest BCUT2D eigenvalue weighted by molar-refractivity contribution is 7.89. The normalized spacial score (nSPS) is 25.9. The fraction of sp³-hybridized carbons (Fsp3) is 0.750. The van der Waals surface area contributed by atoms with Gasteiger partial charge in [-0.15, -0.1) is 0 Å². The molecule has 19 heavy (non-hydrogen) atoms. The van der Waals surface area contributed by atoms with Gasteiger partial charge in [-0.25, -0.2) is 8.42 Å². The largest absolute Gasteiger partial charge is 0.328 e. The van der Waals surface area contributed by atoms with E-state index >= 15 is 0 Å². The van der Waals surface area contributed by atoms with Gasteiger partial charge < -0.3 is 5.73 Å². The van der Waals surface area contributed by atoms with Crippen LogP contribution in [-0.4, -0.2) is 41.1 Å². The molecule has 7 heteroatoms. The minimum absolute atomic E-state index is 0.0159. The number of nitrogens with zero attached hydrogens (tertiary/aromatic N) is 3. The maximum absolute atomic E-state index is 12.7. The molecule has 0 aromatic carbocycles. The monoisotopic (exact) mass is 286 g/mol. The van der Waals surface area contributed by atoms with Gasteiger partial charge in [-0.05, 0) is 39.7 Å². The van der Waals surface area contributed by atoms with Gasteiger partial charge in [0.05, 0.1) is 6.20 Å². The van der Waals surface area contributed by atoms with Crippen LogP contribution in [0.15, 0.2) is 17.3 Å². The number of nitrogens with two attached hydrogens (primary N) is 1. The molecule has 6 nitrogen and oxygen atoms in total. The van der Waals surface area contributed by atoms with Crippen molar-refractivity contribution >= 4 is 10.0 Å². The molecule has 1 aromatic rings. The van der Waals surface area contributed by atoms with Gasteiger partial charge in [0, 0.05) is 24.7 Å². The number of piperidine rings is 1. The summed E-state index contributed by atoms with van der Waals surface area (Å²) < 4.78 is 28.5. The van der Waals surface area contributed by atoms with Gasteiger partial charge in [0.15, 0.2) is 5.03 Å². The Kier molecular flexibility index (Phi) is 3.98. The molecule has 0 spiro atoms. The predicted octanol–water partition coefficient (Wildman–Crippen LogP) is 0.964. The Balaban J connectivity index is 2.34. The van der Waals surface area contributed by atoms with Gasteiger partial charge in [-0.2, -0.15) is 9.40 Å². The number of hydrogen-bond acceptors (Lipinski definition) is 4. The first-order valence-electron chi connectivity index (χ1n) is 6.65. The van der Waals surface area contributed by atoms with Crippen molar-refractivity contribution in [2.24, 2.45) is 5.73 Å². The summed E-state index contributed by atoms with van der Waals surface area (Å²) >= 11 is 0. The smallest absolute Gasteiger partial charge is 0.260 e. The summed E-state index contributed by atoms with van der Waals surface area (Å²) in [5.74, 6) is 0. The first-order valence-corrected chi connectivity index (χ1v) is 8.09. The van der Waals surface area contributed by atoms with Crippen LogP contribution in [0, 0.1) is 0 Å². The molecule has 1 saturated heterocycles. The Morgan fingerprint density at radius 2 is 2.16 bits per heavy atom. The Labute approximate surface area is 114 Å². The van der Waals surface area contributed by atoms with Gasteiger partial charge in [-0.1, -0.05) is 0 Å². The maximum atomic E-state index is 12.7. The molecule has 1 aliphatic rings. The van der Waals surface area contributed by atoms with Gasteiger partial charge >= 0.3 is 0 Å². The summed E-state index contributed by atoms with van der Waals surface area (Å²) in [6, 6.07) is 1.61. The van der Waals surface area contributed by atoms with Crippen molar-refractivity contribution in [3.63, 3.8) is 0 Å². The summed E-state index contributed by atoms with van der Waals surface area (Å²) in [4.78, 5) is 0. The third-order valence-electron chi connectivity index (χ3n) is 3.55. The van der Waals surface area contributed by atoms with Crippen LogP contribution in [0.1, 0.15) is 39.7 Å². The fourth-order valence-electron chi connectivity index (χ4n) is 2.56. The van der Waals surface area contributed by atoms with E-state index in [1.54, 1.807) is 15.1 Å². The Hall–Kier alpha value is -0.920. The molecule has 108 valence electrons. The molecule has 0 amide bonds. The zero-order chi connectivity index (χ0) is 14.2. The molecular formula is C12H22N4O2S. The lowest BCUT2D eigenvalue weighted by molar-refractivity contribution is 0.245. The summed E-state index contributed by atoms with van der Waals surface area (Å²) in [6.07, 6.45) is 2.95. The van der Waals surface area contributed by atoms with Crippen LogP contribution in [0.3, 0.4) is 0 Å². The minimum atomic E-state index is -3.49. The van der Waals surface area contributed by atoms with E-state index in [2.05, 4.69) is 5.10 Å². The highest BCUT2D eigenvalue weighted by Crippen LogP contribution is 2.25. The number of sulfonamides is 1. The van der Waals surface area contributed by atoms with Gasteiger partial charge in [0.1, 0.15) is 0 Å². The number of rotatable bonds is 3. The summed E-state index contributed by atoms with van der Waals surface area (Å²) in [6.45, 7) is 6.23. The lowest BCUT2D eigenvalue weighted by Crippen LogP contribution is -2.48. The van der Waals surface area contributed by atoms with E-state index in [4.69, 9.17) is 5.73 Å². The number of hydrogen-bond donors (Lipinski definition) is 1. The highest BCUT2D eigenvalue weighted by Gasteiger charge is 2.35. The molecule has 2 heterocycles. The maximum Gasteiger partial charge on any atom is 0.260 e. The molecule has 0 bridgehead atoms. The molecule has 2 atom stereocenters. The zero-order valence-electron chi connectivity index (χ0n) is 11.7. The molecule has 0 aliphatic carbocycles. The van der Waals surface area contributed by atoms with E-state index in [1.807, 2.05) is 20.8 Å². The second-order valence-electron chi connectivity index (χ2n) is 5.46. The standard InChI is InChI=1S/C12H22N4O2S/c1-9(2)16-12(4-6-14-16)19(17,18)15-7-5-11(13)8-10(15)3/h4,6,9-11H,5,7-8,13H2,1-3H3/t10-,11-/m1/s1. The van der Waals surface area contributed by atoms with Crippen molar-refractivity contribution in [2.75, 3.05) is 6.54 Å². The van der Waals surface area contributed by atoms with Crippen molar-refractivity contribution in [1.29, 1.82) is 0 Å². The average Bonchev–Trinajstić information content (AvgIpc) is 2.77. The van der Waals surface area contributed by atoms with Crippen LogP contribution >= 0.6 is 0 Å². The molecule has 1 fully saturated rings. The van der Waals surface area contributed by atoms with Crippen molar-refractivity contribution < 1.29 is 8.42 Å². The van der Waals surface area contributed by atoms with Crippen LogP contribution in [0.25, 0.3) is 0 Å². The molecule has 1 aromatic heterocycles. The molecule has 0 radical (unpaired) electrons. The summed E-state index contributed by atoms with van der Waals surface area (Å²) in [7, 11) is -3.49. The van der Waals surface area contributed by atoms with Crippen molar-refractivity contribution in [1.82, 2.24) is 14.1 Å². The van der Waals surface area contributed by atoms with Crippen molar-refractivity contribution in [3.05, 3.63) is 12.3 Å². The first-order chi connectivity index (χ1) is 8.84. The Bertz CT molecular complexity index is 538. The lowest BCUT2D eigenvalue weighted by atomic mass is 10.0. The van der Waals surface area contributed by atoms with Crippen LogP contribution in [0.4, 0.5) is 0 Å². The minimum Gasteiger partial charge on any atom is -0.328 e. The van der Waals surface area contributed by atoms with Crippen LogP contribution in [0.5, 0.6) is 0 Å². The van der Waals surface area contributed by atoms with Crippen LogP contribution < -0.4 is 5.73 Å². The van der Waals surface area contributed by atoms with E-state index in [9.17, 15) is 8.42 Å². The van der Waals surface area contributed by atoms with Gasteiger partial charge in [-0.3, -0.25) is 4.68 Å². The predicted molar refractivity (Wildman–Crippen MR) is 73.2 cm³/mol. The third-order valence-corrected chi connectivity index (χ3v) is 5.56. The van der Waals surface area contributed by atoms with Crippen molar-refractivity contribution in [2.45, 2.75) is 56.8 Å². The molecule has 2 N–H and O–H groups in total. The Morgan fingerprint density at radius 1 is 1.47 bits per heavy atom. The van der Waals surface area contributed by atoms with Gasteiger partial charge in [0.25, 0.3) is 10.0 Å². The summed E-state index contributed by atoms with van der Waals surface area (Å²) in [5, 5.41) is 4.37. The average molecular weight is 286 g/mol. The SMILES string of the molecule is CC(C)n1nccc1S(=O)(=O)N1CC[C@@H](N)C[C@H]1C. The molecule has 2 rings (SSSR count). The van der Waals surface area contributed by atoms with E-state index < -0.39 is 10.0 Å². The Morgan fingerprint density at radius 3 is 2.74 bits per heavy atom. The molecule has 1 aliphatic heterocycles. The van der Waals surface area contributed by atoms with Gasteiger partial charge in [0.2, 0.25) is 0 Å². The van der Waals surface area contributed by atoms with Crippen molar-refractivity contribution in [3.8, 4) is 0 Å². The van der Waals surface area contributed by atoms with E-state index in [0.29, 0.717) is 19.4 Å². The molecule has 0 saturated carbocycles. The quantitative estimate of drug-likeness (QED) is 0.897. The van der Waals surface area contributed by atoms with Crippen LogP contribution in [-0.2, 0) is 10.0 Å². The topological polar surface area (TPSA) is 81.2 Å². The molecular weight excluding hydrogens is 264 g/mol. The summed E-state index contributed by atoms with van der Waals surface area (Å²) in [5.41, 5.74) is 5.89. The fourth-order valence-corrected chi connectivity index (χ4v) is 4.43. The molecule has 0 unspecified atom stereocenters. The van der Waals surface area contributed by atoms with Crippen LogP contribution in [0.2, 0.25) is 0 Å². The number of aromatic nitrogens is 2. The zero-order valence-corrected chi connectivity index (χ0v) is 12.5. The third kappa shape index (κ3) is 2.68. The van der Waals surface area contributed by atoms with E-state index in [0.717, 1.165) is 0 Å². The second kappa shape index (κ2) is 5.22.